The maximum absolute atomic E-state index is 13.1. The Hall–Kier alpha value is -2.73. The first-order valence-electron chi connectivity index (χ1n) is 9.15. The van der Waals surface area contributed by atoms with E-state index in [9.17, 15) is 9.90 Å². The number of aromatic nitrogens is 2. The van der Waals surface area contributed by atoms with Crippen LogP contribution in [0.5, 0.6) is 5.88 Å². The van der Waals surface area contributed by atoms with Crippen molar-refractivity contribution in [2.45, 2.75) is 39.2 Å². The van der Waals surface area contributed by atoms with Crippen molar-refractivity contribution in [3.63, 3.8) is 0 Å². The summed E-state index contributed by atoms with van der Waals surface area (Å²) in [6, 6.07) is 9.75. The van der Waals surface area contributed by atoms with Crippen LogP contribution in [0, 0.1) is 10.8 Å². The van der Waals surface area contributed by atoms with Gasteiger partial charge in [-0.15, -0.1) is 0 Å². The second kappa shape index (κ2) is 6.46. The lowest BCUT2D eigenvalue weighted by atomic mass is 9.70. The highest BCUT2D eigenvalue weighted by molar-refractivity contribution is 6.00. The van der Waals surface area contributed by atoms with Crippen LogP contribution in [0.25, 0.3) is 0 Å². The fourth-order valence-electron chi connectivity index (χ4n) is 4.05. The van der Waals surface area contributed by atoms with E-state index in [0.29, 0.717) is 35.6 Å². The van der Waals surface area contributed by atoms with Crippen LogP contribution >= 0.6 is 0 Å². The normalized spacial score (nSPS) is 20.7. The number of hydrogen-bond donors (Lipinski definition) is 2. The molecule has 1 aromatic heterocycles. The first kappa shape index (κ1) is 17.7. The Balaban J connectivity index is 1.97. The van der Waals surface area contributed by atoms with Gasteiger partial charge in [-0.3, -0.25) is 10.2 Å². The van der Waals surface area contributed by atoms with Crippen LogP contribution in [-0.4, -0.2) is 27.0 Å². The minimum Gasteiger partial charge on any atom is -0.442 e. The molecular formula is C21H23N3O3. The van der Waals surface area contributed by atoms with Gasteiger partial charge in [-0.1, -0.05) is 44.2 Å². The van der Waals surface area contributed by atoms with Crippen molar-refractivity contribution in [1.29, 1.82) is 5.41 Å². The molecule has 0 saturated heterocycles. The topological polar surface area (TPSA) is 88.2 Å². The molecule has 1 aliphatic heterocycles. The third kappa shape index (κ3) is 3.00. The number of Topliss-reactive ketones (excluding diaryl/α,β-unsaturated/α-hetero) is 1. The molecule has 6 heteroatoms. The molecule has 2 aromatic rings. The lowest BCUT2D eigenvalue weighted by Gasteiger charge is -2.37. The summed E-state index contributed by atoms with van der Waals surface area (Å²) < 4.78 is 7.64. The standard InChI is InChI=1S/C21H23N3O3/c1-21(2)10-14(26)17-15(11-21)27-20-18(16(17)13-6-4-3-5-7-13)19(22)24(8-9-25)12-23-20/h3-7,12,16,22,25H,8-11H2,1-2H3/t16-/m0/s1. The Morgan fingerprint density at radius 3 is 2.74 bits per heavy atom. The van der Waals surface area contributed by atoms with E-state index in [0.717, 1.165) is 5.56 Å². The molecule has 0 amide bonds. The summed E-state index contributed by atoms with van der Waals surface area (Å²) >= 11 is 0. The smallest absolute Gasteiger partial charge is 0.228 e. The number of carbonyl (C=O) groups excluding carboxylic acids is 1. The Bertz CT molecular complexity index is 989. The van der Waals surface area contributed by atoms with Gasteiger partial charge in [-0.05, 0) is 11.0 Å². The summed E-state index contributed by atoms with van der Waals surface area (Å²) in [6.45, 7) is 4.31. The number of hydrogen-bond acceptors (Lipinski definition) is 5. The summed E-state index contributed by atoms with van der Waals surface area (Å²) in [5.74, 6) is 0.745. The quantitative estimate of drug-likeness (QED) is 0.875. The highest BCUT2D eigenvalue weighted by atomic mass is 16.5. The van der Waals surface area contributed by atoms with Gasteiger partial charge in [0.1, 0.15) is 17.6 Å². The van der Waals surface area contributed by atoms with Crippen LogP contribution in [0.3, 0.4) is 0 Å². The van der Waals surface area contributed by atoms with E-state index in [1.165, 1.54) is 6.33 Å². The van der Waals surface area contributed by atoms with Gasteiger partial charge in [-0.25, -0.2) is 4.98 Å². The van der Waals surface area contributed by atoms with Crippen molar-refractivity contribution in [2.75, 3.05) is 6.61 Å². The fourth-order valence-corrected chi connectivity index (χ4v) is 4.05. The lowest BCUT2D eigenvalue weighted by molar-refractivity contribution is -0.118. The highest BCUT2D eigenvalue weighted by Gasteiger charge is 2.43. The molecule has 140 valence electrons. The molecule has 0 saturated carbocycles. The van der Waals surface area contributed by atoms with Crippen LogP contribution in [0.4, 0.5) is 0 Å². The van der Waals surface area contributed by atoms with Gasteiger partial charge in [0, 0.05) is 30.9 Å². The van der Waals surface area contributed by atoms with Crippen LogP contribution in [0.1, 0.15) is 43.7 Å². The van der Waals surface area contributed by atoms with Crippen molar-refractivity contribution in [1.82, 2.24) is 9.55 Å². The summed E-state index contributed by atoms with van der Waals surface area (Å²) in [5.41, 5.74) is 2.23. The largest absolute Gasteiger partial charge is 0.442 e. The first-order chi connectivity index (χ1) is 12.9. The van der Waals surface area contributed by atoms with E-state index in [1.54, 1.807) is 4.57 Å². The fraction of sp³-hybridized carbons (Fsp3) is 0.381. The molecule has 2 aliphatic rings. The number of carbonyl (C=O) groups is 1. The molecule has 0 radical (unpaired) electrons. The van der Waals surface area contributed by atoms with Gasteiger partial charge in [-0.2, -0.15) is 0 Å². The Kier molecular flexibility index (Phi) is 4.23. The Morgan fingerprint density at radius 2 is 2.04 bits per heavy atom. The number of aliphatic hydroxyl groups excluding tert-OH is 1. The van der Waals surface area contributed by atoms with Gasteiger partial charge in [0.05, 0.1) is 12.2 Å². The number of ether oxygens (including phenoxy) is 1. The van der Waals surface area contributed by atoms with Crippen molar-refractivity contribution in [2.24, 2.45) is 5.41 Å². The van der Waals surface area contributed by atoms with E-state index in [2.05, 4.69) is 18.8 Å². The predicted octanol–water partition coefficient (Wildman–Crippen LogP) is 2.52. The molecule has 27 heavy (non-hydrogen) atoms. The monoisotopic (exact) mass is 365 g/mol. The molecule has 1 atom stereocenters. The Labute approximate surface area is 157 Å². The number of benzene rings is 1. The van der Waals surface area contributed by atoms with Crippen LogP contribution < -0.4 is 10.2 Å². The predicted molar refractivity (Wildman–Crippen MR) is 99.1 cm³/mol. The highest BCUT2D eigenvalue weighted by Crippen LogP contribution is 2.48. The number of allylic oxidation sites excluding steroid dienone is 2. The van der Waals surface area contributed by atoms with Crippen molar-refractivity contribution >= 4 is 5.78 Å². The van der Waals surface area contributed by atoms with Crippen LogP contribution in [0.2, 0.25) is 0 Å². The van der Waals surface area contributed by atoms with E-state index < -0.39 is 0 Å². The molecular weight excluding hydrogens is 342 g/mol. The molecule has 4 rings (SSSR count). The van der Waals surface area contributed by atoms with Crippen molar-refractivity contribution < 1.29 is 14.6 Å². The number of aliphatic hydroxyl groups is 1. The maximum Gasteiger partial charge on any atom is 0.228 e. The van der Waals surface area contributed by atoms with Crippen molar-refractivity contribution in [3.8, 4) is 5.88 Å². The average molecular weight is 365 g/mol. The Morgan fingerprint density at radius 1 is 1.30 bits per heavy atom. The molecule has 0 spiro atoms. The summed E-state index contributed by atoms with van der Waals surface area (Å²) in [5, 5.41) is 17.9. The van der Waals surface area contributed by atoms with E-state index in [1.807, 2.05) is 30.3 Å². The van der Waals surface area contributed by atoms with Crippen molar-refractivity contribution in [3.05, 3.63) is 64.6 Å². The van der Waals surface area contributed by atoms with Gasteiger partial charge in [0.25, 0.3) is 0 Å². The van der Waals surface area contributed by atoms with Gasteiger partial charge >= 0.3 is 0 Å². The van der Waals surface area contributed by atoms with Gasteiger partial charge in [0.2, 0.25) is 5.88 Å². The van der Waals surface area contributed by atoms with E-state index >= 15 is 0 Å². The SMILES string of the molecule is CC1(C)CC(=O)C2=C(C1)Oc1ncn(CCO)c(=N)c1[C@H]2c1ccccc1. The molecule has 2 N–H and O–H groups in total. The zero-order valence-corrected chi connectivity index (χ0v) is 15.5. The van der Waals surface area contributed by atoms with E-state index in [-0.39, 0.29) is 35.8 Å². The summed E-state index contributed by atoms with van der Waals surface area (Å²) in [6.07, 6.45) is 2.64. The molecule has 0 unspecified atom stereocenters. The number of nitrogens with one attached hydrogen (secondary N) is 1. The first-order valence-corrected chi connectivity index (χ1v) is 9.15. The third-order valence-corrected chi connectivity index (χ3v) is 5.24. The minimum atomic E-state index is -0.375. The third-order valence-electron chi connectivity index (χ3n) is 5.24. The zero-order chi connectivity index (χ0) is 19.2. The molecule has 0 fully saturated rings. The van der Waals surface area contributed by atoms with Gasteiger partial charge in [0.15, 0.2) is 5.78 Å². The summed E-state index contributed by atoms with van der Waals surface area (Å²) in [4.78, 5) is 17.5. The second-order valence-electron chi connectivity index (χ2n) is 7.95. The molecule has 0 bridgehead atoms. The number of ketones is 1. The average Bonchev–Trinajstić information content (AvgIpc) is 2.62. The second-order valence-corrected chi connectivity index (χ2v) is 7.95. The number of rotatable bonds is 3. The zero-order valence-electron chi connectivity index (χ0n) is 15.5. The van der Waals surface area contributed by atoms with Gasteiger partial charge < -0.3 is 14.4 Å². The molecule has 2 heterocycles. The lowest BCUT2D eigenvalue weighted by Crippen LogP contribution is -2.37. The van der Waals surface area contributed by atoms with E-state index in [4.69, 9.17) is 10.1 Å². The maximum atomic E-state index is 13.1. The van der Waals surface area contributed by atoms with Crippen LogP contribution in [-0.2, 0) is 11.3 Å². The van der Waals surface area contributed by atoms with Crippen LogP contribution in [0.15, 0.2) is 48.0 Å². The summed E-state index contributed by atoms with van der Waals surface area (Å²) in [7, 11) is 0. The minimum absolute atomic E-state index is 0.0673. The molecule has 1 aliphatic carbocycles. The number of fused-ring (bicyclic) bond motifs is 1. The number of nitrogens with zero attached hydrogens (tertiary/aromatic N) is 2. The molecule has 1 aromatic carbocycles. The molecule has 6 nitrogen and oxygen atoms in total.